The van der Waals surface area contributed by atoms with Gasteiger partial charge in [0.25, 0.3) is 5.91 Å². The second kappa shape index (κ2) is 7.60. The molecule has 0 saturated carbocycles. The first-order chi connectivity index (χ1) is 10.6. The molecule has 2 N–H and O–H groups in total. The Kier molecular flexibility index (Phi) is 6.52. The van der Waals surface area contributed by atoms with E-state index >= 15 is 0 Å². The number of benzene rings is 1. The third-order valence-electron chi connectivity index (χ3n) is 3.52. The smallest absolute Gasteiger partial charge is 0.349 e. The van der Waals surface area contributed by atoms with Crippen molar-refractivity contribution in [2.45, 2.75) is 31.2 Å². The highest BCUT2D eigenvalue weighted by atomic mass is 35.5. The first-order valence-corrected chi connectivity index (χ1v) is 6.88. The second-order valence-corrected chi connectivity index (χ2v) is 5.29. The van der Waals surface area contributed by atoms with Crippen LogP contribution in [0, 0.1) is 0 Å². The summed E-state index contributed by atoms with van der Waals surface area (Å²) in [7, 11) is 0. The predicted octanol–water partition coefficient (Wildman–Crippen LogP) is 3.63. The maximum atomic E-state index is 12.8. The Labute approximate surface area is 140 Å². The number of rotatable bonds is 2. The van der Waals surface area contributed by atoms with Gasteiger partial charge in [0.2, 0.25) is 0 Å². The zero-order valence-corrected chi connectivity index (χ0v) is 13.0. The summed E-state index contributed by atoms with van der Waals surface area (Å²) in [6, 6.07) is 0.603. The first kappa shape index (κ1) is 20.6. The molecule has 0 aliphatic carbocycles. The van der Waals surface area contributed by atoms with Crippen LogP contribution >= 0.6 is 12.4 Å². The van der Waals surface area contributed by atoms with E-state index in [9.17, 15) is 31.1 Å². The van der Waals surface area contributed by atoms with Crippen molar-refractivity contribution in [1.82, 2.24) is 10.6 Å². The van der Waals surface area contributed by atoms with Crippen LogP contribution in [0.15, 0.2) is 18.2 Å². The molecule has 24 heavy (non-hydrogen) atoms. The fraction of sp³-hybridized carbons (Fsp3) is 0.500. The molecule has 1 fully saturated rings. The van der Waals surface area contributed by atoms with Crippen LogP contribution in [0.5, 0.6) is 0 Å². The Morgan fingerprint density at radius 3 is 1.83 bits per heavy atom. The van der Waals surface area contributed by atoms with Crippen molar-refractivity contribution in [3.63, 3.8) is 0 Å². The van der Waals surface area contributed by atoms with Crippen molar-refractivity contribution >= 4 is 18.3 Å². The average Bonchev–Trinajstić information content (AvgIpc) is 2.46. The van der Waals surface area contributed by atoms with Crippen LogP contribution in [0.3, 0.4) is 0 Å². The molecule has 3 nitrogen and oxygen atoms in total. The maximum Gasteiger partial charge on any atom is 0.416 e. The zero-order valence-electron chi connectivity index (χ0n) is 12.2. The fourth-order valence-electron chi connectivity index (χ4n) is 2.32. The van der Waals surface area contributed by atoms with Gasteiger partial charge >= 0.3 is 12.4 Å². The molecule has 0 spiro atoms. The Morgan fingerprint density at radius 1 is 0.958 bits per heavy atom. The van der Waals surface area contributed by atoms with Crippen molar-refractivity contribution in [2.75, 3.05) is 13.1 Å². The summed E-state index contributed by atoms with van der Waals surface area (Å²) < 4.78 is 76.5. The maximum absolute atomic E-state index is 12.8. The summed E-state index contributed by atoms with van der Waals surface area (Å²) in [5.74, 6) is -0.937. The minimum absolute atomic E-state index is 0. The molecule has 1 amide bonds. The van der Waals surface area contributed by atoms with E-state index in [1.807, 2.05) is 0 Å². The molecular weight excluding hydrogens is 362 g/mol. The summed E-state index contributed by atoms with van der Waals surface area (Å²) >= 11 is 0. The van der Waals surface area contributed by atoms with Gasteiger partial charge in [0.1, 0.15) is 0 Å². The quantitative estimate of drug-likeness (QED) is 0.774. The van der Waals surface area contributed by atoms with Crippen molar-refractivity contribution in [3.8, 4) is 0 Å². The van der Waals surface area contributed by atoms with E-state index in [0.717, 1.165) is 0 Å². The Bertz CT molecular complexity index is 549. The van der Waals surface area contributed by atoms with E-state index in [-0.39, 0.29) is 24.5 Å². The van der Waals surface area contributed by atoms with E-state index in [2.05, 4.69) is 10.6 Å². The summed E-state index contributed by atoms with van der Waals surface area (Å²) in [5, 5.41) is 5.52. The van der Waals surface area contributed by atoms with Crippen LogP contribution in [0.25, 0.3) is 0 Å². The molecule has 1 heterocycles. The number of alkyl halides is 6. The van der Waals surface area contributed by atoms with Gasteiger partial charge in [-0.2, -0.15) is 26.3 Å². The molecule has 1 aliphatic heterocycles. The molecule has 1 aromatic rings. The number of hydrogen-bond acceptors (Lipinski definition) is 2. The molecule has 10 heteroatoms. The number of carbonyl (C=O) groups excluding carboxylic acids is 1. The monoisotopic (exact) mass is 376 g/mol. The van der Waals surface area contributed by atoms with Crippen molar-refractivity contribution in [3.05, 3.63) is 34.9 Å². The van der Waals surface area contributed by atoms with E-state index < -0.39 is 35.0 Å². The number of amides is 1. The van der Waals surface area contributed by atoms with Gasteiger partial charge < -0.3 is 10.6 Å². The van der Waals surface area contributed by atoms with Crippen LogP contribution < -0.4 is 10.6 Å². The van der Waals surface area contributed by atoms with Gasteiger partial charge in [0.15, 0.2) is 0 Å². The van der Waals surface area contributed by atoms with E-state index in [0.29, 0.717) is 38.1 Å². The molecule has 0 unspecified atom stereocenters. The molecule has 0 aromatic heterocycles. The molecule has 1 aromatic carbocycles. The van der Waals surface area contributed by atoms with Gasteiger partial charge in [0, 0.05) is 11.6 Å². The number of piperidine rings is 1. The largest absolute Gasteiger partial charge is 0.416 e. The highest BCUT2D eigenvalue weighted by Gasteiger charge is 2.37. The summed E-state index contributed by atoms with van der Waals surface area (Å²) in [6.45, 7) is 1.25. The molecule has 136 valence electrons. The first-order valence-electron chi connectivity index (χ1n) is 6.88. The van der Waals surface area contributed by atoms with Crippen molar-refractivity contribution in [1.29, 1.82) is 0 Å². The fourth-order valence-corrected chi connectivity index (χ4v) is 2.32. The Balaban J connectivity index is 0.00000288. The minimum Gasteiger partial charge on any atom is -0.349 e. The van der Waals surface area contributed by atoms with Crippen molar-refractivity contribution in [2.24, 2.45) is 0 Å². The van der Waals surface area contributed by atoms with Gasteiger partial charge in [-0.15, -0.1) is 12.4 Å². The molecule has 2 rings (SSSR count). The van der Waals surface area contributed by atoms with E-state index in [1.54, 1.807) is 0 Å². The highest BCUT2D eigenvalue weighted by Crippen LogP contribution is 2.36. The third kappa shape index (κ3) is 5.27. The minimum atomic E-state index is -4.97. The lowest BCUT2D eigenvalue weighted by molar-refractivity contribution is -0.143. The molecule has 1 aliphatic rings. The van der Waals surface area contributed by atoms with Crippen LogP contribution in [-0.4, -0.2) is 25.0 Å². The van der Waals surface area contributed by atoms with E-state index in [4.69, 9.17) is 0 Å². The van der Waals surface area contributed by atoms with Gasteiger partial charge in [-0.3, -0.25) is 4.79 Å². The Hall–Kier alpha value is -1.48. The topological polar surface area (TPSA) is 41.1 Å². The summed E-state index contributed by atoms with van der Waals surface area (Å²) in [5.41, 5.74) is -3.64. The third-order valence-corrected chi connectivity index (χ3v) is 3.52. The standard InChI is InChI=1S/C14H14F6N2O.ClH/c15-13(16,17)9-5-8(6-10(7-9)14(18,19)20)12(23)22-11-1-3-21-4-2-11;/h5-7,11,21H,1-4H2,(H,22,23);1H. The molecule has 0 radical (unpaired) electrons. The van der Waals surface area contributed by atoms with Crippen LogP contribution in [-0.2, 0) is 12.4 Å². The number of carbonyl (C=O) groups is 1. The van der Waals surface area contributed by atoms with Gasteiger partial charge in [-0.25, -0.2) is 0 Å². The van der Waals surface area contributed by atoms with Crippen molar-refractivity contribution < 1.29 is 31.1 Å². The molecule has 1 saturated heterocycles. The Morgan fingerprint density at radius 2 is 1.42 bits per heavy atom. The predicted molar refractivity (Wildman–Crippen MR) is 77.1 cm³/mol. The number of halogens is 7. The second-order valence-electron chi connectivity index (χ2n) is 5.29. The normalized spacial score (nSPS) is 16.4. The average molecular weight is 377 g/mol. The van der Waals surface area contributed by atoms with Gasteiger partial charge in [-0.05, 0) is 44.1 Å². The lowest BCUT2D eigenvalue weighted by Gasteiger charge is -2.24. The lowest BCUT2D eigenvalue weighted by atomic mass is 10.0. The summed E-state index contributed by atoms with van der Waals surface area (Å²) in [6.07, 6.45) is -8.80. The van der Waals surface area contributed by atoms with Crippen LogP contribution in [0.1, 0.15) is 34.3 Å². The van der Waals surface area contributed by atoms with E-state index in [1.165, 1.54) is 0 Å². The SMILES string of the molecule is Cl.O=C(NC1CCNCC1)c1cc(C(F)(F)F)cc(C(F)(F)F)c1. The van der Waals surface area contributed by atoms with Gasteiger partial charge in [0.05, 0.1) is 11.1 Å². The summed E-state index contributed by atoms with van der Waals surface area (Å²) in [4.78, 5) is 12.0. The number of nitrogens with one attached hydrogen (secondary N) is 2. The van der Waals surface area contributed by atoms with Gasteiger partial charge in [-0.1, -0.05) is 0 Å². The number of hydrogen-bond donors (Lipinski definition) is 2. The van der Waals surface area contributed by atoms with Crippen LogP contribution in [0.2, 0.25) is 0 Å². The zero-order chi connectivity index (χ0) is 17.3. The molecular formula is C14H15ClF6N2O. The lowest BCUT2D eigenvalue weighted by Crippen LogP contribution is -2.42. The molecule has 0 atom stereocenters. The highest BCUT2D eigenvalue weighted by molar-refractivity contribution is 5.94. The molecule has 0 bridgehead atoms. The van der Waals surface area contributed by atoms with Crippen LogP contribution in [0.4, 0.5) is 26.3 Å².